The van der Waals surface area contributed by atoms with Gasteiger partial charge < -0.3 is 7.79 Å². The monoisotopic (exact) mass is 240 g/mol. The molecule has 4 nitrogen and oxygen atoms in total. The normalized spacial score (nSPS) is 15.0. The van der Waals surface area contributed by atoms with E-state index in [2.05, 4.69) is 32.0 Å². The number of hydrogen-bond donors (Lipinski definition) is 1. The molecule has 0 bridgehead atoms. The van der Waals surface area contributed by atoms with Crippen LogP contribution < -0.4 is 5.09 Å². The third-order valence-corrected chi connectivity index (χ3v) is 8.31. The summed E-state index contributed by atoms with van der Waals surface area (Å²) in [6.07, 6.45) is 0. The fraction of sp³-hybridized carbons (Fsp3) is 1.00. The molecule has 0 atom stereocenters. The van der Waals surface area contributed by atoms with Gasteiger partial charge in [-0.3, -0.25) is 10.1 Å². The highest BCUT2D eigenvalue weighted by Crippen LogP contribution is 1.73. The van der Waals surface area contributed by atoms with Gasteiger partial charge in [0.25, 0.3) is 0 Å². The lowest BCUT2D eigenvalue weighted by Crippen LogP contribution is -2.48. The SMILES string of the molecule is CN(C)N[SiH2]N([SiH3])[SiH2]N([SiH3])[SiH3]. The summed E-state index contributed by atoms with van der Waals surface area (Å²) in [4.78, 5) is 0. The molecule has 0 aromatic carbocycles. The zero-order valence-electron chi connectivity index (χ0n) is 8.26. The fourth-order valence-electron chi connectivity index (χ4n) is 0.795. The van der Waals surface area contributed by atoms with Crippen molar-refractivity contribution < 1.29 is 0 Å². The van der Waals surface area contributed by atoms with Gasteiger partial charge in [-0.25, -0.2) is 0 Å². The van der Waals surface area contributed by atoms with Crippen LogP contribution in [0.2, 0.25) is 0 Å². The maximum atomic E-state index is 3.42. The molecule has 0 heterocycles. The second-order valence-corrected chi connectivity index (χ2v) is 19.7. The molecule has 1 N–H and O–H groups in total. The molecule has 0 unspecified atom stereocenters. The molecule has 0 saturated carbocycles. The Morgan fingerprint density at radius 3 is 2.09 bits per heavy atom. The van der Waals surface area contributed by atoms with E-state index in [9.17, 15) is 0 Å². The summed E-state index contributed by atoms with van der Waals surface area (Å²) in [6.45, 7) is 0. The first-order valence-electron chi connectivity index (χ1n) is 3.76. The van der Waals surface area contributed by atoms with E-state index in [1.165, 1.54) is 31.2 Å². The Labute approximate surface area is 83.1 Å². The third-order valence-electron chi connectivity index (χ3n) is 1.18. The minimum atomic E-state index is -0.119. The van der Waals surface area contributed by atoms with Crippen molar-refractivity contribution in [3.63, 3.8) is 0 Å². The van der Waals surface area contributed by atoms with Crippen LogP contribution in [0.25, 0.3) is 0 Å². The van der Waals surface area contributed by atoms with E-state index < -0.39 is 0 Å². The van der Waals surface area contributed by atoms with Gasteiger partial charge in [0, 0.05) is 14.1 Å². The average Bonchev–Trinajstić information content (AvgIpc) is 1.82. The maximum absolute atomic E-state index is 3.42. The number of nitrogens with one attached hydrogen (secondary N) is 1. The Kier molecular flexibility index (Phi) is 6.98. The lowest BCUT2D eigenvalue weighted by molar-refractivity contribution is 0.369. The van der Waals surface area contributed by atoms with Crippen LogP contribution in [0.3, 0.4) is 0 Å². The minimum absolute atomic E-state index is 0.0519. The molecular formula is C2H20N4Si5. The second kappa shape index (κ2) is 6.44. The number of hydrogen-bond acceptors (Lipinski definition) is 4. The van der Waals surface area contributed by atoms with E-state index in [0.717, 1.165) is 0 Å². The van der Waals surface area contributed by atoms with Gasteiger partial charge in [-0.1, -0.05) is 0 Å². The predicted molar refractivity (Wildman–Crippen MR) is 67.4 cm³/mol. The number of rotatable bonds is 5. The molecule has 0 rings (SSSR count). The third kappa shape index (κ3) is 8.83. The van der Waals surface area contributed by atoms with E-state index >= 15 is 0 Å². The Hall–Kier alpha value is 0.924. The number of nitrogens with zero attached hydrogens (tertiary/aromatic N) is 3. The molecule has 0 aliphatic rings. The highest BCUT2D eigenvalue weighted by Gasteiger charge is 1.99. The van der Waals surface area contributed by atoms with Crippen LogP contribution in [-0.4, -0.2) is 77.8 Å². The summed E-state index contributed by atoms with van der Waals surface area (Å²) in [5, 5.41) is 5.50. The largest absolute Gasteiger partial charge is 0.377 e. The molecule has 0 saturated heterocycles. The van der Waals surface area contributed by atoms with Crippen molar-refractivity contribution in [1.82, 2.24) is 17.9 Å². The average molecular weight is 241 g/mol. The maximum Gasteiger partial charge on any atom is 0.171 e. The summed E-state index contributed by atoms with van der Waals surface area (Å²) in [6, 6.07) is 0. The van der Waals surface area contributed by atoms with E-state index in [1.807, 2.05) is 0 Å². The topological polar surface area (TPSA) is 21.8 Å². The molecule has 0 aliphatic heterocycles. The summed E-state index contributed by atoms with van der Waals surface area (Å²) in [7, 11) is 7.92. The molecule has 11 heavy (non-hydrogen) atoms. The summed E-state index contributed by atoms with van der Waals surface area (Å²) >= 11 is 0. The van der Waals surface area contributed by atoms with Crippen molar-refractivity contribution >= 4 is 50.9 Å². The lowest BCUT2D eigenvalue weighted by atomic mass is 11.2. The molecule has 9 heteroatoms. The van der Waals surface area contributed by atoms with E-state index in [0.29, 0.717) is 0 Å². The zero-order chi connectivity index (χ0) is 8.85. The van der Waals surface area contributed by atoms with Crippen molar-refractivity contribution in [2.75, 3.05) is 14.1 Å². The highest BCUT2D eigenvalue weighted by atomic mass is 28.4. The summed E-state index contributed by atoms with van der Waals surface area (Å²) < 4.78 is 5.30. The molecule has 0 amide bonds. The van der Waals surface area contributed by atoms with Crippen molar-refractivity contribution in [3.8, 4) is 0 Å². The van der Waals surface area contributed by atoms with Gasteiger partial charge in [-0.05, 0) is 0 Å². The Morgan fingerprint density at radius 1 is 1.18 bits per heavy atom. The Balaban J connectivity index is 3.29. The smallest absolute Gasteiger partial charge is 0.171 e. The highest BCUT2D eigenvalue weighted by molar-refractivity contribution is 6.64. The predicted octanol–water partition coefficient (Wildman–Crippen LogP) is -6.50. The second-order valence-electron chi connectivity index (χ2n) is 3.29. The van der Waals surface area contributed by atoms with E-state index in [4.69, 9.17) is 0 Å². The van der Waals surface area contributed by atoms with E-state index in [-0.39, 0.29) is 19.7 Å². The van der Waals surface area contributed by atoms with Crippen LogP contribution in [-0.2, 0) is 0 Å². The molecule has 0 spiro atoms. The first kappa shape index (κ1) is 11.9. The molecule has 0 fully saturated rings. The molecule has 0 radical (unpaired) electrons. The lowest BCUT2D eigenvalue weighted by Gasteiger charge is -2.23. The van der Waals surface area contributed by atoms with Gasteiger partial charge in [-0.15, -0.1) is 0 Å². The zero-order valence-corrected chi connectivity index (χ0v) is 17.1. The van der Waals surface area contributed by atoms with Crippen LogP contribution in [0.4, 0.5) is 0 Å². The van der Waals surface area contributed by atoms with Crippen molar-refractivity contribution in [2.45, 2.75) is 0 Å². The fourth-order valence-corrected chi connectivity index (χ4v) is 15.0. The van der Waals surface area contributed by atoms with Crippen LogP contribution in [0.1, 0.15) is 0 Å². The van der Waals surface area contributed by atoms with Crippen molar-refractivity contribution in [1.29, 1.82) is 0 Å². The van der Waals surface area contributed by atoms with Gasteiger partial charge in [0.2, 0.25) is 0 Å². The standard InChI is InChI=1S/C2H20N4Si5/c1-4(2)3-10-6(9)11-5(7)8/h3H,10-11H2,1-2,7-9H3. The van der Waals surface area contributed by atoms with Crippen LogP contribution in [0.5, 0.6) is 0 Å². The van der Waals surface area contributed by atoms with E-state index in [1.54, 1.807) is 0 Å². The van der Waals surface area contributed by atoms with Gasteiger partial charge >= 0.3 is 0 Å². The first-order valence-corrected chi connectivity index (χ1v) is 9.05. The van der Waals surface area contributed by atoms with Crippen LogP contribution >= 0.6 is 0 Å². The summed E-state index contributed by atoms with van der Waals surface area (Å²) in [5.41, 5.74) is 0. The van der Waals surface area contributed by atoms with Gasteiger partial charge in [0.1, 0.15) is 9.84 Å². The van der Waals surface area contributed by atoms with Gasteiger partial charge in [-0.2, -0.15) is 0 Å². The van der Waals surface area contributed by atoms with Gasteiger partial charge in [0.15, 0.2) is 9.84 Å². The first-order chi connectivity index (χ1) is 5.02. The molecule has 0 aliphatic carbocycles. The molecule has 0 aromatic rings. The van der Waals surface area contributed by atoms with Crippen molar-refractivity contribution in [2.24, 2.45) is 0 Å². The van der Waals surface area contributed by atoms with Crippen LogP contribution in [0, 0.1) is 0 Å². The molecular weight excluding hydrogens is 220 g/mol. The van der Waals surface area contributed by atoms with Gasteiger partial charge in [0.05, 0.1) is 31.2 Å². The molecule has 0 aromatic heterocycles. The summed E-state index contributed by atoms with van der Waals surface area (Å²) in [5.74, 6) is 0. The minimum Gasteiger partial charge on any atom is -0.377 e. The Bertz CT molecular complexity index is 98.5. The Morgan fingerprint density at radius 2 is 1.73 bits per heavy atom. The van der Waals surface area contributed by atoms with Crippen LogP contribution in [0.15, 0.2) is 0 Å². The molecule has 68 valence electrons. The van der Waals surface area contributed by atoms with Crippen molar-refractivity contribution in [3.05, 3.63) is 0 Å². The quantitative estimate of drug-likeness (QED) is 0.381. The number of hydrazine groups is 1.